The summed E-state index contributed by atoms with van der Waals surface area (Å²) in [5.41, 5.74) is 7.63. The number of hydrogen-bond acceptors (Lipinski definition) is 5. The average molecular weight is 280 g/mol. The molecule has 0 radical (unpaired) electrons. The van der Waals surface area contributed by atoms with Gasteiger partial charge in [-0.15, -0.1) is 0 Å². The Morgan fingerprint density at radius 1 is 1.30 bits per heavy atom. The van der Waals surface area contributed by atoms with Crippen molar-refractivity contribution in [3.8, 4) is 0 Å². The van der Waals surface area contributed by atoms with E-state index in [2.05, 4.69) is 5.32 Å². The van der Waals surface area contributed by atoms with Crippen molar-refractivity contribution in [1.82, 2.24) is 0 Å². The largest absolute Gasteiger partial charge is 0.462 e. The minimum absolute atomic E-state index is 0.343. The molecule has 0 saturated heterocycles. The number of unbranched alkanes of at least 4 members (excludes halogenated alkanes) is 2. The monoisotopic (exact) mass is 280 g/mol. The van der Waals surface area contributed by atoms with Gasteiger partial charge < -0.3 is 20.5 Å². The van der Waals surface area contributed by atoms with E-state index >= 15 is 0 Å². The Kier molecular flexibility index (Phi) is 7.50. The Labute approximate surface area is 120 Å². The van der Waals surface area contributed by atoms with Gasteiger partial charge in [-0.1, -0.05) is 6.07 Å². The topological polar surface area (TPSA) is 73.6 Å². The van der Waals surface area contributed by atoms with Crippen molar-refractivity contribution in [2.45, 2.75) is 26.2 Å². The van der Waals surface area contributed by atoms with Gasteiger partial charge in [-0.05, 0) is 38.3 Å². The number of nitrogens with two attached hydrogens (primary N) is 1. The Morgan fingerprint density at radius 3 is 2.80 bits per heavy atom. The molecule has 1 aromatic carbocycles. The van der Waals surface area contributed by atoms with Crippen molar-refractivity contribution in [3.05, 3.63) is 23.8 Å². The number of nitrogens with one attached hydrogen (secondary N) is 1. The zero-order valence-corrected chi connectivity index (χ0v) is 12.3. The molecule has 0 saturated carbocycles. The van der Waals surface area contributed by atoms with Crippen LogP contribution in [0.15, 0.2) is 18.2 Å². The maximum atomic E-state index is 11.7. The fourth-order valence-corrected chi connectivity index (χ4v) is 1.88. The van der Waals surface area contributed by atoms with Crippen LogP contribution in [-0.2, 0) is 9.47 Å². The second-order valence-corrected chi connectivity index (χ2v) is 4.47. The van der Waals surface area contributed by atoms with E-state index in [9.17, 15) is 4.79 Å². The lowest BCUT2D eigenvalue weighted by molar-refractivity contribution is 0.0527. The molecular weight excluding hydrogens is 256 g/mol. The first-order chi connectivity index (χ1) is 9.70. The van der Waals surface area contributed by atoms with Crippen LogP contribution in [0.3, 0.4) is 0 Å². The molecule has 0 amide bonds. The molecule has 0 aliphatic heterocycles. The zero-order chi connectivity index (χ0) is 14.8. The van der Waals surface area contributed by atoms with E-state index in [0.29, 0.717) is 17.9 Å². The Bertz CT molecular complexity index is 422. The number of methoxy groups -OCH3 is 1. The Morgan fingerprint density at radius 2 is 2.10 bits per heavy atom. The number of carbonyl (C=O) groups excluding carboxylic acids is 1. The smallest absolute Gasteiger partial charge is 0.340 e. The Hall–Kier alpha value is -1.75. The molecular formula is C15H24N2O3. The Balaban J connectivity index is 2.50. The van der Waals surface area contributed by atoms with Crippen molar-refractivity contribution in [3.63, 3.8) is 0 Å². The van der Waals surface area contributed by atoms with Crippen LogP contribution in [0.2, 0.25) is 0 Å². The lowest BCUT2D eigenvalue weighted by atomic mass is 10.1. The molecule has 3 N–H and O–H groups in total. The van der Waals surface area contributed by atoms with Gasteiger partial charge in [0.05, 0.1) is 23.5 Å². The number of hydrogen-bond donors (Lipinski definition) is 2. The summed E-state index contributed by atoms with van der Waals surface area (Å²) in [6, 6.07) is 5.35. The van der Waals surface area contributed by atoms with E-state index < -0.39 is 0 Å². The number of esters is 1. The van der Waals surface area contributed by atoms with Crippen molar-refractivity contribution in [2.24, 2.45) is 0 Å². The van der Waals surface area contributed by atoms with Crippen LogP contribution in [0.4, 0.5) is 11.4 Å². The third kappa shape index (κ3) is 5.09. The van der Waals surface area contributed by atoms with Crippen LogP contribution in [-0.4, -0.2) is 32.8 Å². The third-order valence-electron chi connectivity index (χ3n) is 2.94. The highest BCUT2D eigenvalue weighted by Gasteiger charge is 2.12. The van der Waals surface area contributed by atoms with Gasteiger partial charge in [0.25, 0.3) is 0 Å². The molecule has 5 nitrogen and oxygen atoms in total. The SMILES string of the molecule is CCOC(=O)c1cccc(NCCCCCOC)c1N. The van der Waals surface area contributed by atoms with Crippen LogP contribution in [0.25, 0.3) is 0 Å². The lowest BCUT2D eigenvalue weighted by Gasteiger charge is -2.12. The molecule has 1 rings (SSSR count). The van der Waals surface area contributed by atoms with Crippen molar-refractivity contribution >= 4 is 17.3 Å². The highest BCUT2D eigenvalue weighted by molar-refractivity contribution is 5.98. The molecule has 0 spiro atoms. The second-order valence-electron chi connectivity index (χ2n) is 4.47. The molecule has 0 aromatic heterocycles. The minimum atomic E-state index is -0.381. The van der Waals surface area contributed by atoms with Gasteiger partial charge in [0, 0.05) is 20.3 Å². The minimum Gasteiger partial charge on any atom is -0.462 e. The summed E-state index contributed by atoms with van der Waals surface area (Å²) >= 11 is 0. The van der Waals surface area contributed by atoms with Gasteiger partial charge in [-0.25, -0.2) is 4.79 Å². The fraction of sp³-hybridized carbons (Fsp3) is 0.533. The van der Waals surface area contributed by atoms with Gasteiger partial charge in [0.15, 0.2) is 0 Å². The maximum absolute atomic E-state index is 11.7. The number of benzene rings is 1. The molecule has 20 heavy (non-hydrogen) atoms. The van der Waals surface area contributed by atoms with E-state index in [1.807, 2.05) is 6.07 Å². The van der Waals surface area contributed by atoms with Gasteiger partial charge in [-0.3, -0.25) is 0 Å². The van der Waals surface area contributed by atoms with Crippen LogP contribution in [0.1, 0.15) is 36.5 Å². The van der Waals surface area contributed by atoms with Crippen molar-refractivity contribution in [1.29, 1.82) is 0 Å². The molecule has 0 atom stereocenters. The first kappa shape index (κ1) is 16.3. The van der Waals surface area contributed by atoms with E-state index in [1.165, 1.54) is 0 Å². The summed E-state index contributed by atoms with van der Waals surface area (Å²) in [6.07, 6.45) is 3.18. The fourth-order valence-electron chi connectivity index (χ4n) is 1.88. The van der Waals surface area contributed by atoms with Gasteiger partial charge in [0.1, 0.15) is 0 Å². The highest BCUT2D eigenvalue weighted by atomic mass is 16.5. The van der Waals surface area contributed by atoms with E-state index in [0.717, 1.165) is 38.1 Å². The van der Waals surface area contributed by atoms with Crippen molar-refractivity contribution in [2.75, 3.05) is 37.9 Å². The summed E-state index contributed by atoms with van der Waals surface area (Å²) < 4.78 is 9.97. The quantitative estimate of drug-likeness (QED) is 0.413. The average Bonchev–Trinajstić information content (AvgIpc) is 2.44. The predicted octanol–water partition coefficient (Wildman–Crippen LogP) is 2.67. The van der Waals surface area contributed by atoms with Crippen LogP contribution < -0.4 is 11.1 Å². The molecule has 0 aliphatic carbocycles. The second kappa shape index (κ2) is 9.20. The zero-order valence-electron chi connectivity index (χ0n) is 12.3. The normalized spacial score (nSPS) is 10.3. The first-order valence-electron chi connectivity index (χ1n) is 6.99. The first-order valence-corrected chi connectivity index (χ1v) is 6.99. The highest BCUT2D eigenvalue weighted by Crippen LogP contribution is 2.23. The van der Waals surface area contributed by atoms with Gasteiger partial charge >= 0.3 is 5.97 Å². The number of nitrogen functional groups attached to an aromatic ring is 1. The van der Waals surface area contributed by atoms with Crippen LogP contribution >= 0.6 is 0 Å². The van der Waals surface area contributed by atoms with E-state index in [4.69, 9.17) is 15.2 Å². The van der Waals surface area contributed by atoms with E-state index in [1.54, 1.807) is 26.2 Å². The number of para-hydroxylation sites is 1. The maximum Gasteiger partial charge on any atom is 0.340 e. The number of carbonyl (C=O) groups is 1. The standard InChI is InChI=1S/C15H24N2O3/c1-3-20-15(18)12-8-7-9-13(14(12)16)17-10-5-4-6-11-19-2/h7-9,17H,3-6,10-11,16H2,1-2H3. The molecule has 5 heteroatoms. The molecule has 0 unspecified atom stereocenters. The molecule has 1 aromatic rings. The van der Waals surface area contributed by atoms with Crippen LogP contribution in [0.5, 0.6) is 0 Å². The van der Waals surface area contributed by atoms with Gasteiger partial charge in [0.2, 0.25) is 0 Å². The third-order valence-corrected chi connectivity index (χ3v) is 2.94. The number of anilines is 2. The summed E-state index contributed by atoms with van der Waals surface area (Å²) in [7, 11) is 1.71. The summed E-state index contributed by atoms with van der Waals surface area (Å²) in [4.78, 5) is 11.7. The van der Waals surface area contributed by atoms with Crippen LogP contribution in [0, 0.1) is 0 Å². The molecule has 0 heterocycles. The molecule has 112 valence electrons. The number of ether oxygens (including phenoxy) is 2. The van der Waals surface area contributed by atoms with Gasteiger partial charge in [-0.2, -0.15) is 0 Å². The summed E-state index contributed by atoms with van der Waals surface area (Å²) in [5.74, 6) is -0.381. The summed E-state index contributed by atoms with van der Waals surface area (Å²) in [5, 5.41) is 3.25. The molecule has 0 fully saturated rings. The number of rotatable bonds is 9. The predicted molar refractivity (Wildman–Crippen MR) is 81.0 cm³/mol. The summed E-state index contributed by atoms with van der Waals surface area (Å²) in [6.45, 7) is 3.73. The molecule has 0 aliphatic rings. The molecule has 0 bridgehead atoms. The van der Waals surface area contributed by atoms with E-state index in [-0.39, 0.29) is 5.97 Å². The lowest BCUT2D eigenvalue weighted by Crippen LogP contribution is -2.11. The van der Waals surface area contributed by atoms with Crippen molar-refractivity contribution < 1.29 is 14.3 Å².